The molecule has 122 valence electrons. The molecule has 1 atom stereocenters. The maximum atomic E-state index is 2.33. The molecule has 0 aliphatic heterocycles. The van der Waals surface area contributed by atoms with Crippen molar-refractivity contribution in [1.29, 1.82) is 0 Å². The van der Waals surface area contributed by atoms with Crippen molar-refractivity contribution in [2.45, 2.75) is 18.4 Å². The first-order valence-corrected chi connectivity index (χ1v) is 8.57. The Hall–Kier alpha value is -2.38. The van der Waals surface area contributed by atoms with Crippen LogP contribution in [0.3, 0.4) is 0 Å². The lowest BCUT2D eigenvalue weighted by molar-refractivity contribution is 0.275. The molecule has 0 spiro atoms. The molecule has 3 aromatic rings. The third-order valence-electron chi connectivity index (χ3n) is 4.67. The zero-order valence-corrected chi connectivity index (χ0v) is 14.5. The van der Waals surface area contributed by atoms with Crippen LogP contribution >= 0.6 is 0 Å². The normalized spacial score (nSPS) is 12.5. The lowest BCUT2D eigenvalue weighted by atomic mass is 9.84. The highest BCUT2D eigenvalue weighted by molar-refractivity contribution is 5.33. The van der Waals surface area contributed by atoms with Crippen LogP contribution in [0.15, 0.2) is 91.0 Å². The number of nitrogens with zero attached hydrogens (tertiary/aromatic N) is 1. The topological polar surface area (TPSA) is 3.24 Å². The van der Waals surface area contributed by atoms with Crippen LogP contribution in [-0.4, -0.2) is 19.0 Å². The molecular weight excluding hydrogens is 290 g/mol. The largest absolute Gasteiger partial charge is 0.302 e. The Morgan fingerprint density at radius 3 is 1.33 bits per heavy atom. The Morgan fingerprint density at radius 1 is 0.583 bits per heavy atom. The average Bonchev–Trinajstić information content (AvgIpc) is 2.64. The van der Waals surface area contributed by atoms with Gasteiger partial charge < -0.3 is 4.90 Å². The molecule has 3 rings (SSSR count). The van der Waals surface area contributed by atoms with Gasteiger partial charge in [0, 0.05) is 12.0 Å². The van der Waals surface area contributed by atoms with Crippen molar-refractivity contribution in [3.05, 3.63) is 108 Å². The fourth-order valence-electron chi connectivity index (χ4n) is 3.38. The van der Waals surface area contributed by atoms with E-state index in [1.165, 1.54) is 16.7 Å². The monoisotopic (exact) mass is 315 g/mol. The molecule has 1 heteroatoms. The maximum absolute atomic E-state index is 2.33. The second-order valence-electron chi connectivity index (χ2n) is 6.50. The summed E-state index contributed by atoms with van der Waals surface area (Å²) in [7, 11) is 4.34. The van der Waals surface area contributed by atoms with Crippen molar-refractivity contribution in [2.24, 2.45) is 0 Å². The third-order valence-corrected chi connectivity index (χ3v) is 4.67. The molecule has 1 nitrogen and oxygen atoms in total. The van der Waals surface area contributed by atoms with Crippen molar-refractivity contribution >= 4 is 0 Å². The van der Waals surface area contributed by atoms with Crippen molar-refractivity contribution in [1.82, 2.24) is 4.90 Å². The Kier molecular flexibility index (Phi) is 5.45. The van der Waals surface area contributed by atoms with Gasteiger partial charge in [0.05, 0.1) is 0 Å². The molecule has 0 N–H and O–H groups in total. The zero-order valence-electron chi connectivity index (χ0n) is 14.5. The second-order valence-corrected chi connectivity index (χ2v) is 6.50. The van der Waals surface area contributed by atoms with Gasteiger partial charge in [-0.05, 0) is 37.2 Å². The van der Waals surface area contributed by atoms with Gasteiger partial charge in [-0.3, -0.25) is 0 Å². The predicted molar refractivity (Wildman–Crippen MR) is 102 cm³/mol. The van der Waals surface area contributed by atoms with Crippen molar-refractivity contribution in [3.63, 3.8) is 0 Å². The van der Waals surface area contributed by atoms with Gasteiger partial charge in [0.2, 0.25) is 0 Å². The predicted octanol–water partition coefficient (Wildman–Crippen LogP) is 5.51. The molecule has 0 unspecified atom stereocenters. The van der Waals surface area contributed by atoms with Crippen molar-refractivity contribution in [2.75, 3.05) is 14.1 Å². The fraction of sp³-hybridized carbons (Fsp3) is 0.217. The highest BCUT2D eigenvalue weighted by Crippen LogP contribution is 2.35. The van der Waals surface area contributed by atoms with Crippen LogP contribution in [-0.2, 0) is 0 Å². The molecule has 0 bridgehead atoms. The van der Waals surface area contributed by atoms with Gasteiger partial charge in [-0.25, -0.2) is 0 Å². The van der Waals surface area contributed by atoms with E-state index in [0.29, 0.717) is 12.0 Å². The number of rotatable bonds is 6. The van der Waals surface area contributed by atoms with Crippen LogP contribution in [0.25, 0.3) is 0 Å². The molecule has 0 radical (unpaired) electrons. The first kappa shape index (κ1) is 16.5. The highest BCUT2D eigenvalue weighted by Gasteiger charge is 2.22. The number of benzene rings is 3. The summed E-state index contributed by atoms with van der Waals surface area (Å²) < 4.78 is 0. The molecule has 0 aliphatic carbocycles. The minimum absolute atomic E-state index is 0.386. The van der Waals surface area contributed by atoms with Gasteiger partial charge in [0.15, 0.2) is 0 Å². The molecule has 0 aromatic heterocycles. The molecule has 24 heavy (non-hydrogen) atoms. The first-order valence-electron chi connectivity index (χ1n) is 8.57. The van der Waals surface area contributed by atoms with E-state index in [1.807, 2.05) is 0 Å². The maximum Gasteiger partial charge on any atom is 0.0351 e. The quantitative estimate of drug-likeness (QED) is 0.579. The van der Waals surface area contributed by atoms with E-state index in [-0.39, 0.29) is 0 Å². The van der Waals surface area contributed by atoms with Gasteiger partial charge in [0.25, 0.3) is 0 Å². The molecule has 3 aromatic carbocycles. The van der Waals surface area contributed by atoms with E-state index in [1.54, 1.807) is 0 Å². The van der Waals surface area contributed by atoms with E-state index in [4.69, 9.17) is 0 Å². The van der Waals surface area contributed by atoms with E-state index in [2.05, 4.69) is 110 Å². The van der Waals surface area contributed by atoms with E-state index >= 15 is 0 Å². The molecule has 0 heterocycles. The average molecular weight is 315 g/mol. The molecule has 0 saturated carbocycles. The lowest BCUT2D eigenvalue weighted by Crippen LogP contribution is -2.22. The SMILES string of the molecule is CN(C)[C@H](CC(c1ccccc1)c1ccccc1)c1ccccc1. The first-order chi connectivity index (χ1) is 11.8. The number of hydrogen-bond acceptors (Lipinski definition) is 1. The minimum Gasteiger partial charge on any atom is -0.302 e. The van der Waals surface area contributed by atoms with Crippen LogP contribution in [0, 0.1) is 0 Å². The summed E-state index contributed by atoms with van der Waals surface area (Å²) >= 11 is 0. The second kappa shape index (κ2) is 7.94. The van der Waals surface area contributed by atoms with E-state index < -0.39 is 0 Å². The Morgan fingerprint density at radius 2 is 0.958 bits per heavy atom. The molecular formula is C23H25N. The number of hydrogen-bond donors (Lipinski definition) is 0. The molecule has 0 aliphatic rings. The molecule has 0 saturated heterocycles. The van der Waals surface area contributed by atoms with Gasteiger partial charge in [-0.2, -0.15) is 0 Å². The van der Waals surface area contributed by atoms with Gasteiger partial charge in [0.1, 0.15) is 0 Å². The lowest BCUT2D eigenvalue weighted by Gasteiger charge is -2.29. The summed E-state index contributed by atoms with van der Waals surface area (Å²) in [5.74, 6) is 0.389. The van der Waals surface area contributed by atoms with Crippen molar-refractivity contribution in [3.8, 4) is 0 Å². The molecule has 0 fully saturated rings. The van der Waals surface area contributed by atoms with Crippen LogP contribution in [0.4, 0.5) is 0 Å². The molecule has 0 amide bonds. The van der Waals surface area contributed by atoms with Gasteiger partial charge in [-0.1, -0.05) is 91.0 Å². The van der Waals surface area contributed by atoms with Crippen LogP contribution < -0.4 is 0 Å². The van der Waals surface area contributed by atoms with Crippen LogP contribution in [0.2, 0.25) is 0 Å². The van der Waals surface area contributed by atoms with E-state index in [0.717, 1.165) is 6.42 Å². The summed E-state index contributed by atoms with van der Waals surface area (Å²) in [6, 6.07) is 32.9. The minimum atomic E-state index is 0.386. The zero-order chi connectivity index (χ0) is 16.8. The highest BCUT2D eigenvalue weighted by atomic mass is 15.1. The van der Waals surface area contributed by atoms with Crippen LogP contribution in [0.1, 0.15) is 35.1 Å². The smallest absolute Gasteiger partial charge is 0.0351 e. The summed E-state index contributed by atoms with van der Waals surface area (Å²) in [6.07, 6.45) is 1.06. The summed E-state index contributed by atoms with van der Waals surface area (Å²) in [5, 5.41) is 0. The van der Waals surface area contributed by atoms with Gasteiger partial charge in [-0.15, -0.1) is 0 Å². The third kappa shape index (κ3) is 3.93. The van der Waals surface area contributed by atoms with Gasteiger partial charge >= 0.3 is 0 Å². The Balaban J connectivity index is 1.96. The summed E-state index contributed by atoms with van der Waals surface area (Å²) in [6.45, 7) is 0. The Bertz CT molecular complexity index is 680. The van der Waals surface area contributed by atoms with E-state index in [9.17, 15) is 0 Å². The summed E-state index contributed by atoms with van der Waals surface area (Å²) in [5.41, 5.74) is 4.14. The fourth-order valence-corrected chi connectivity index (χ4v) is 3.38. The van der Waals surface area contributed by atoms with Crippen molar-refractivity contribution < 1.29 is 0 Å². The van der Waals surface area contributed by atoms with Crippen LogP contribution in [0.5, 0.6) is 0 Å². The summed E-state index contributed by atoms with van der Waals surface area (Å²) in [4.78, 5) is 2.33. The Labute approximate surface area is 145 Å². The standard InChI is InChI=1S/C23H25N/c1-24(2)23(21-16-10-5-11-17-21)18-22(19-12-6-3-7-13-19)20-14-8-4-9-15-20/h3-17,22-23H,18H2,1-2H3/t23-/m1/s1.